The van der Waals surface area contributed by atoms with Crippen LogP contribution in [-0.2, 0) is 33.4 Å². The molecule has 0 unspecified atom stereocenters. The van der Waals surface area contributed by atoms with Gasteiger partial charge in [-0.1, -0.05) is 67.2 Å². The highest BCUT2D eigenvalue weighted by atomic mass is 32.2. The van der Waals surface area contributed by atoms with Gasteiger partial charge in [0.15, 0.2) is 14.6 Å². The number of hydrogen-bond donors (Lipinski definition) is 0. The predicted octanol–water partition coefficient (Wildman–Crippen LogP) is 5.05. The number of nitrogens with zero attached hydrogens (tertiary/aromatic N) is 2. The molecule has 3 rings (SSSR count). The zero-order valence-corrected chi connectivity index (χ0v) is 20.1. The molecule has 0 aliphatic heterocycles. The van der Waals surface area contributed by atoms with E-state index in [2.05, 4.69) is 36.7 Å². The number of rotatable bonds is 11. The number of hydrogen-bond acceptors (Lipinski definition) is 4. The van der Waals surface area contributed by atoms with Gasteiger partial charge in [0.2, 0.25) is 5.91 Å². The van der Waals surface area contributed by atoms with Crippen LogP contribution in [0.1, 0.15) is 43.7 Å². The van der Waals surface area contributed by atoms with E-state index in [-0.39, 0.29) is 30.3 Å². The molecule has 0 aliphatic rings. The summed E-state index contributed by atoms with van der Waals surface area (Å²) >= 11 is 1.49. The van der Waals surface area contributed by atoms with Crippen molar-refractivity contribution in [2.24, 2.45) is 4.99 Å². The smallest absolute Gasteiger partial charge is 0.248 e. The van der Waals surface area contributed by atoms with Gasteiger partial charge in [-0.2, -0.15) is 4.99 Å². The molecule has 0 saturated heterocycles. The molecule has 2 aromatic carbocycles. The van der Waals surface area contributed by atoms with Crippen LogP contribution < -0.4 is 4.80 Å². The number of fused-ring (bicyclic) bond motifs is 1. The fraction of sp³-hybridized carbons (Fsp3) is 0.360. The van der Waals surface area contributed by atoms with Gasteiger partial charge in [0.25, 0.3) is 0 Å². The standard InChI is InChI=1S/C25H30N2O3S2/c1-3-5-10-20-14-15-22-23(18-20)31-25(27(22)16-4-2)26-24(28)13-9-17-32(29,30)19-21-11-7-6-8-12-21/h4,6-8,11-12,14-15,18H,2-3,5,9-10,13,16-17,19H2,1H3. The number of aromatic nitrogens is 1. The second-order valence-corrected chi connectivity index (χ2v) is 11.1. The molecule has 5 nitrogen and oxygen atoms in total. The molecule has 32 heavy (non-hydrogen) atoms. The van der Waals surface area contributed by atoms with Gasteiger partial charge in [-0.15, -0.1) is 6.58 Å². The lowest BCUT2D eigenvalue weighted by molar-refractivity contribution is -0.118. The second-order valence-electron chi connectivity index (χ2n) is 7.88. The van der Waals surface area contributed by atoms with Crippen LogP contribution in [0.4, 0.5) is 0 Å². The third-order valence-corrected chi connectivity index (χ3v) is 7.90. The van der Waals surface area contributed by atoms with E-state index < -0.39 is 9.84 Å². The third-order valence-electron chi connectivity index (χ3n) is 5.17. The Morgan fingerprint density at radius 1 is 1.12 bits per heavy atom. The van der Waals surface area contributed by atoms with E-state index in [1.165, 1.54) is 16.9 Å². The summed E-state index contributed by atoms with van der Waals surface area (Å²) in [6.45, 7) is 6.56. The Balaban J connectivity index is 1.70. The van der Waals surface area contributed by atoms with Crippen molar-refractivity contribution >= 4 is 37.3 Å². The number of thiazole rings is 1. The van der Waals surface area contributed by atoms with Crippen LogP contribution >= 0.6 is 11.3 Å². The maximum absolute atomic E-state index is 12.5. The van der Waals surface area contributed by atoms with Crippen LogP contribution in [0.2, 0.25) is 0 Å². The maximum Gasteiger partial charge on any atom is 0.248 e. The Labute approximate surface area is 194 Å². The van der Waals surface area contributed by atoms with E-state index in [1.54, 1.807) is 18.2 Å². The fourth-order valence-electron chi connectivity index (χ4n) is 3.55. The molecule has 0 atom stereocenters. The molecule has 0 bridgehead atoms. The van der Waals surface area contributed by atoms with Crippen molar-refractivity contribution in [2.45, 2.75) is 51.3 Å². The minimum absolute atomic E-state index is 0.00478. The first-order chi connectivity index (χ1) is 15.4. The first-order valence-electron chi connectivity index (χ1n) is 11.0. The molecule has 0 spiro atoms. The van der Waals surface area contributed by atoms with Crippen LogP contribution in [0.5, 0.6) is 0 Å². The van der Waals surface area contributed by atoms with Crippen molar-refractivity contribution in [3.8, 4) is 0 Å². The summed E-state index contributed by atoms with van der Waals surface area (Å²) in [6, 6.07) is 15.5. The van der Waals surface area contributed by atoms with Crippen molar-refractivity contribution in [1.29, 1.82) is 0 Å². The second kappa shape index (κ2) is 11.4. The van der Waals surface area contributed by atoms with E-state index in [4.69, 9.17) is 0 Å². The Morgan fingerprint density at radius 2 is 1.91 bits per heavy atom. The number of aryl methyl sites for hydroxylation is 1. The zero-order valence-electron chi connectivity index (χ0n) is 18.5. The lowest BCUT2D eigenvalue weighted by atomic mass is 10.1. The summed E-state index contributed by atoms with van der Waals surface area (Å²) in [4.78, 5) is 17.4. The first-order valence-corrected chi connectivity index (χ1v) is 13.6. The van der Waals surface area contributed by atoms with E-state index in [0.717, 1.165) is 35.0 Å². The molecule has 0 saturated carbocycles. The summed E-state index contributed by atoms with van der Waals surface area (Å²) in [5, 5.41) is 0. The van der Waals surface area contributed by atoms with E-state index in [9.17, 15) is 13.2 Å². The van der Waals surface area contributed by atoms with Gasteiger partial charge in [0, 0.05) is 13.0 Å². The molecule has 1 amide bonds. The van der Waals surface area contributed by atoms with Crippen molar-refractivity contribution < 1.29 is 13.2 Å². The predicted molar refractivity (Wildman–Crippen MR) is 132 cm³/mol. The largest absolute Gasteiger partial charge is 0.313 e. The quantitative estimate of drug-likeness (QED) is 0.368. The number of amides is 1. The lowest BCUT2D eigenvalue weighted by Gasteiger charge is -2.04. The number of carbonyl (C=O) groups is 1. The molecule has 0 aliphatic carbocycles. The van der Waals surface area contributed by atoms with Crippen molar-refractivity contribution in [3.05, 3.63) is 77.1 Å². The SMILES string of the molecule is C=CCn1c(=NC(=O)CCCS(=O)(=O)Cc2ccccc2)sc2cc(CCCC)ccc21. The monoisotopic (exact) mass is 470 g/mol. The summed E-state index contributed by atoms with van der Waals surface area (Å²) < 4.78 is 27.8. The minimum Gasteiger partial charge on any atom is -0.313 e. The zero-order chi connectivity index (χ0) is 23.0. The van der Waals surface area contributed by atoms with E-state index >= 15 is 0 Å². The van der Waals surface area contributed by atoms with Gasteiger partial charge < -0.3 is 4.57 Å². The maximum atomic E-state index is 12.5. The topological polar surface area (TPSA) is 68.5 Å². The number of allylic oxidation sites excluding steroid dienone is 1. The van der Waals surface area contributed by atoms with Gasteiger partial charge in [-0.25, -0.2) is 8.42 Å². The highest BCUT2D eigenvalue weighted by molar-refractivity contribution is 7.90. The summed E-state index contributed by atoms with van der Waals surface area (Å²) in [5.41, 5.74) is 3.08. The number of benzene rings is 2. The van der Waals surface area contributed by atoms with Crippen LogP contribution in [0, 0.1) is 0 Å². The fourth-order valence-corrected chi connectivity index (χ4v) is 6.10. The van der Waals surface area contributed by atoms with Crippen molar-refractivity contribution in [2.75, 3.05) is 5.75 Å². The highest BCUT2D eigenvalue weighted by Gasteiger charge is 2.13. The molecule has 3 aromatic rings. The minimum atomic E-state index is -3.26. The van der Waals surface area contributed by atoms with Crippen LogP contribution in [0.25, 0.3) is 10.2 Å². The molecule has 7 heteroatoms. The Bertz CT molecular complexity index is 1240. The number of carbonyl (C=O) groups excluding carboxylic acids is 1. The molecule has 1 aromatic heterocycles. The van der Waals surface area contributed by atoms with E-state index in [0.29, 0.717) is 11.3 Å². The molecule has 0 radical (unpaired) electrons. The highest BCUT2D eigenvalue weighted by Crippen LogP contribution is 2.20. The average molecular weight is 471 g/mol. The Hall–Kier alpha value is -2.51. The average Bonchev–Trinajstić information content (AvgIpc) is 3.09. The normalized spacial score (nSPS) is 12.3. The molecule has 1 heterocycles. The van der Waals surface area contributed by atoms with Gasteiger partial charge in [-0.3, -0.25) is 4.79 Å². The van der Waals surface area contributed by atoms with E-state index in [1.807, 2.05) is 22.8 Å². The summed E-state index contributed by atoms with van der Waals surface area (Å²) in [7, 11) is -3.26. The van der Waals surface area contributed by atoms with Crippen molar-refractivity contribution in [1.82, 2.24) is 4.57 Å². The Morgan fingerprint density at radius 3 is 2.62 bits per heavy atom. The first kappa shape index (κ1) is 24.1. The molecule has 0 N–H and O–H groups in total. The summed E-state index contributed by atoms with van der Waals surface area (Å²) in [6.07, 6.45) is 5.50. The molecule has 0 fully saturated rings. The molecular formula is C25H30N2O3S2. The van der Waals surface area contributed by atoms with Crippen LogP contribution in [0.3, 0.4) is 0 Å². The van der Waals surface area contributed by atoms with Gasteiger partial charge in [0.05, 0.1) is 21.7 Å². The Kier molecular flexibility index (Phi) is 8.59. The van der Waals surface area contributed by atoms with Gasteiger partial charge in [0.1, 0.15) is 0 Å². The van der Waals surface area contributed by atoms with Crippen LogP contribution in [0.15, 0.2) is 66.2 Å². The van der Waals surface area contributed by atoms with Crippen molar-refractivity contribution in [3.63, 3.8) is 0 Å². The molecular weight excluding hydrogens is 440 g/mol. The summed E-state index contributed by atoms with van der Waals surface area (Å²) in [5.74, 6) is -0.325. The van der Waals surface area contributed by atoms with Gasteiger partial charge in [-0.05, 0) is 42.5 Å². The van der Waals surface area contributed by atoms with Gasteiger partial charge >= 0.3 is 0 Å². The molecule has 170 valence electrons. The number of sulfone groups is 1. The lowest BCUT2D eigenvalue weighted by Crippen LogP contribution is -2.16. The van der Waals surface area contributed by atoms with Crippen LogP contribution in [-0.4, -0.2) is 24.6 Å². The third kappa shape index (κ3) is 6.74. The number of unbranched alkanes of at least 4 members (excludes halogenated alkanes) is 1.